The number of nitrogens with one attached hydrogen (secondary N) is 1. The fourth-order valence-electron chi connectivity index (χ4n) is 3.36. The largest absolute Gasteiger partial charge is 0.373 e. The van der Waals surface area contributed by atoms with Crippen molar-refractivity contribution in [1.29, 1.82) is 0 Å². The average Bonchev–Trinajstić information content (AvgIpc) is 3.22. The zero-order valence-corrected chi connectivity index (χ0v) is 15.9. The maximum Gasteiger partial charge on any atom is 0.246 e. The zero-order chi connectivity index (χ0) is 19.3. The van der Waals surface area contributed by atoms with Gasteiger partial charge < -0.3 is 14.6 Å². The smallest absolute Gasteiger partial charge is 0.246 e. The van der Waals surface area contributed by atoms with Gasteiger partial charge in [0.1, 0.15) is 0 Å². The molecule has 6 nitrogen and oxygen atoms in total. The molecule has 1 N–H and O–H groups in total. The molecule has 0 radical (unpaired) electrons. The van der Waals surface area contributed by atoms with Gasteiger partial charge in [-0.05, 0) is 42.7 Å². The summed E-state index contributed by atoms with van der Waals surface area (Å²) in [6.07, 6.45) is 1.41. The third-order valence-corrected chi connectivity index (χ3v) is 5.02. The Labute approximate surface area is 167 Å². The molecule has 2 aromatic carbocycles. The summed E-state index contributed by atoms with van der Waals surface area (Å²) in [4.78, 5) is 17.1. The first-order valence-electron chi connectivity index (χ1n) is 9.23. The van der Waals surface area contributed by atoms with Crippen LogP contribution in [0.1, 0.15) is 30.4 Å². The van der Waals surface area contributed by atoms with Crippen LogP contribution >= 0.6 is 11.6 Å². The number of halogens is 1. The summed E-state index contributed by atoms with van der Waals surface area (Å²) in [5.41, 5.74) is 1.82. The fraction of sp³-hybridized carbons (Fsp3) is 0.286. The summed E-state index contributed by atoms with van der Waals surface area (Å²) in [5.74, 6) is 0.505. The Morgan fingerprint density at radius 2 is 1.93 bits per heavy atom. The summed E-state index contributed by atoms with van der Waals surface area (Å²) in [6.45, 7) is 0.842. The number of aromatic nitrogens is 2. The second-order valence-electron chi connectivity index (χ2n) is 6.69. The monoisotopic (exact) mass is 397 g/mol. The molecule has 28 heavy (non-hydrogen) atoms. The molecular formula is C21H20ClN3O3. The van der Waals surface area contributed by atoms with E-state index in [-0.39, 0.29) is 24.5 Å². The van der Waals surface area contributed by atoms with Gasteiger partial charge in [-0.3, -0.25) is 4.79 Å². The Morgan fingerprint density at radius 1 is 1.14 bits per heavy atom. The highest BCUT2D eigenvalue weighted by molar-refractivity contribution is 6.30. The predicted molar refractivity (Wildman–Crippen MR) is 104 cm³/mol. The van der Waals surface area contributed by atoms with E-state index < -0.39 is 0 Å². The van der Waals surface area contributed by atoms with Crippen molar-refractivity contribution >= 4 is 17.5 Å². The summed E-state index contributed by atoms with van der Waals surface area (Å²) in [7, 11) is 0. The zero-order valence-electron chi connectivity index (χ0n) is 15.2. The Kier molecular flexibility index (Phi) is 5.69. The van der Waals surface area contributed by atoms with E-state index in [1.54, 1.807) is 12.1 Å². The molecule has 1 saturated heterocycles. The lowest BCUT2D eigenvalue weighted by atomic mass is 9.89. The second-order valence-corrected chi connectivity index (χ2v) is 7.12. The maximum absolute atomic E-state index is 12.8. The van der Waals surface area contributed by atoms with Crippen molar-refractivity contribution < 1.29 is 14.1 Å². The lowest BCUT2D eigenvalue weighted by Crippen LogP contribution is -2.37. The third kappa shape index (κ3) is 4.24. The Hall–Kier alpha value is -2.70. The topological polar surface area (TPSA) is 77.3 Å². The number of hydrogen-bond acceptors (Lipinski definition) is 5. The first kappa shape index (κ1) is 18.7. The van der Waals surface area contributed by atoms with Gasteiger partial charge in [-0.25, -0.2) is 0 Å². The number of carbonyl (C=O) groups excluding carboxylic acids is 1. The van der Waals surface area contributed by atoms with E-state index in [0.717, 1.165) is 24.0 Å². The lowest BCUT2D eigenvalue weighted by molar-refractivity contribution is -0.135. The van der Waals surface area contributed by atoms with Crippen LogP contribution in [0.5, 0.6) is 0 Å². The SMILES string of the molecule is O=C(NCc1nc(-c2ccc(Cl)cc2)no1)C1CCCOC1c1ccccc1. The van der Waals surface area contributed by atoms with Gasteiger partial charge in [0.25, 0.3) is 0 Å². The van der Waals surface area contributed by atoms with Crippen LogP contribution in [-0.4, -0.2) is 22.7 Å². The fourth-order valence-corrected chi connectivity index (χ4v) is 3.48. The standard InChI is InChI=1S/C21H20ClN3O3/c22-16-10-8-15(9-11-16)20-24-18(28-25-20)13-23-21(26)17-7-4-12-27-19(17)14-5-2-1-3-6-14/h1-3,5-6,8-11,17,19H,4,7,12-13H2,(H,23,26). The van der Waals surface area contributed by atoms with E-state index in [9.17, 15) is 4.79 Å². The van der Waals surface area contributed by atoms with Crippen molar-refractivity contribution in [3.05, 3.63) is 71.1 Å². The highest BCUT2D eigenvalue weighted by atomic mass is 35.5. The number of ether oxygens (including phenoxy) is 1. The molecule has 2 heterocycles. The van der Waals surface area contributed by atoms with Gasteiger partial charge in [0.15, 0.2) is 0 Å². The molecule has 7 heteroatoms. The Balaban J connectivity index is 1.40. The van der Waals surface area contributed by atoms with Crippen molar-refractivity contribution in [2.45, 2.75) is 25.5 Å². The number of nitrogens with zero attached hydrogens (tertiary/aromatic N) is 2. The highest BCUT2D eigenvalue weighted by Gasteiger charge is 2.33. The molecule has 1 amide bonds. The number of benzene rings is 2. The third-order valence-electron chi connectivity index (χ3n) is 4.77. The van der Waals surface area contributed by atoms with E-state index >= 15 is 0 Å². The molecule has 2 atom stereocenters. The van der Waals surface area contributed by atoms with Gasteiger partial charge in [-0.15, -0.1) is 0 Å². The van der Waals surface area contributed by atoms with Crippen LogP contribution in [0.4, 0.5) is 0 Å². The molecule has 1 aliphatic rings. The minimum absolute atomic E-state index is 0.0696. The van der Waals surface area contributed by atoms with Gasteiger partial charge in [0.05, 0.1) is 18.6 Å². The summed E-state index contributed by atoms with van der Waals surface area (Å²) >= 11 is 5.90. The predicted octanol–water partition coefficient (Wildman–Crippen LogP) is 4.17. The summed E-state index contributed by atoms with van der Waals surface area (Å²) in [5, 5.41) is 7.51. The molecular weight excluding hydrogens is 378 g/mol. The molecule has 2 unspecified atom stereocenters. The first-order chi connectivity index (χ1) is 13.7. The van der Waals surface area contributed by atoms with E-state index in [1.165, 1.54) is 0 Å². The van der Waals surface area contributed by atoms with Gasteiger partial charge in [-0.1, -0.05) is 47.1 Å². The summed E-state index contributed by atoms with van der Waals surface area (Å²) < 4.78 is 11.2. The lowest BCUT2D eigenvalue weighted by Gasteiger charge is -2.31. The van der Waals surface area contributed by atoms with Crippen LogP contribution in [0, 0.1) is 5.92 Å². The second kappa shape index (κ2) is 8.54. The molecule has 0 spiro atoms. The average molecular weight is 398 g/mol. The molecule has 0 aliphatic carbocycles. The number of carbonyl (C=O) groups is 1. The molecule has 144 valence electrons. The van der Waals surface area contributed by atoms with Crippen LogP contribution in [-0.2, 0) is 16.1 Å². The van der Waals surface area contributed by atoms with Crippen molar-refractivity contribution in [1.82, 2.24) is 15.5 Å². The first-order valence-corrected chi connectivity index (χ1v) is 9.61. The van der Waals surface area contributed by atoms with E-state index in [4.69, 9.17) is 20.9 Å². The molecule has 0 bridgehead atoms. The van der Waals surface area contributed by atoms with Crippen LogP contribution in [0.2, 0.25) is 5.02 Å². The van der Waals surface area contributed by atoms with Crippen molar-refractivity contribution in [3.63, 3.8) is 0 Å². The number of amides is 1. The van der Waals surface area contributed by atoms with Crippen LogP contribution < -0.4 is 5.32 Å². The van der Waals surface area contributed by atoms with Crippen molar-refractivity contribution in [2.75, 3.05) is 6.61 Å². The van der Waals surface area contributed by atoms with Crippen molar-refractivity contribution in [3.8, 4) is 11.4 Å². The van der Waals surface area contributed by atoms with Gasteiger partial charge in [0.2, 0.25) is 17.6 Å². The molecule has 0 saturated carbocycles. The maximum atomic E-state index is 12.8. The molecule has 3 aromatic rings. The quantitative estimate of drug-likeness (QED) is 0.699. The van der Waals surface area contributed by atoms with Crippen LogP contribution in [0.25, 0.3) is 11.4 Å². The van der Waals surface area contributed by atoms with Gasteiger partial charge >= 0.3 is 0 Å². The molecule has 1 aromatic heterocycles. The Bertz CT molecular complexity index is 928. The Morgan fingerprint density at radius 3 is 2.71 bits per heavy atom. The molecule has 1 aliphatic heterocycles. The minimum Gasteiger partial charge on any atom is -0.373 e. The van der Waals surface area contributed by atoms with E-state index in [2.05, 4.69) is 15.5 Å². The minimum atomic E-state index is -0.241. The molecule has 4 rings (SSSR count). The van der Waals surface area contributed by atoms with Crippen LogP contribution in [0.15, 0.2) is 59.1 Å². The van der Waals surface area contributed by atoms with Gasteiger partial charge in [0, 0.05) is 17.2 Å². The number of hydrogen-bond donors (Lipinski definition) is 1. The van der Waals surface area contributed by atoms with E-state index in [0.29, 0.717) is 23.3 Å². The van der Waals surface area contributed by atoms with Crippen LogP contribution in [0.3, 0.4) is 0 Å². The normalized spacial score (nSPS) is 19.3. The van der Waals surface area contributed by atoms with E-state index in [1.807, 2.05) is 42.5 Å². The summed E-state index contributed by atoms with van der Waals surface area (Å²) in [6, 6.07) is 17.0. The highest BCUT2D eigenvalue weighted by Crippen LogP contribution is 2.33. The molecule has 1 fully saturated rings. The van der Waals surface area contributed by atoms with Crippen molar-refractivity contribution in [2.24, 2.45) is 5.92 Å². The van der Waals surface area contributed by atoms with Gasteiger partial charge in [-0.2, -0.15) is 4.98 Å². The number of rotatable bonds is 5.